The molecular formula is C53H31N3O2. The summed E-state index contributed by atoms with van der Waals surface area (Å²) in [6, 6.07) is 66.3. The third-order valence-corrected chi connectivity index (χ3v) is 12.0. The van der Waals surface area contributed by atoms with E-state index in [-0.39, 0.29) is 0 Å². The van der Waals surface area contributed by atoms with Crippen LogP contribution in [0.5, 0.6) is 0 Å². The van der Waals surface area contributed by atoms with Gasteiger partial charge in [0.15, 0.2) is 0 Å². The average Bonchev–Trinajstić information content (AvgIpc) is 4.04. The molecule has 58 heavy (non-hydrogen) atoms. The van der Waals surface area contributed by atoms with Crippen LogP contribution in [0.3, 0.4) is 0 Å². The monoisotopic (exact) mass is 741 g/mol. The standard InChI is InChI=1S/C53H31N3O2/c1-5-22-40-36(14-1)50-32(34-20-11-28-46-52(34)38-16-3-7-26-44(38)57-46)18-9-24-42(50)55(40)48-30-13-31-49(54-48)56-41-23-6-2-15-37(41)51-33(19-10-25-43(51)56)35-21-12-29-47-53(35)39-17-4-8-27-45(39)58-47/h1-31H. The first kappa shape index (κ1) is 31.3. The van der Waals surface area contributed by atoms with Crippen LogP contribution in [-0.2, 0) is 0 Å². The van der Waals surface area contributed by atoms with E-state index in [0.717, 1.165) is 99.8 Å². The van der Waals surface area contributed by atoms with Crippen LogP contribution >= 0.6 is 0 Å². The van der Waals surface area contributed by atoms with Crippen LogP contribution in [0.15, 0.2) is 197 Å². The van der Waals surface area contributed by atoms with Gasteiger partial charge in [-0.25, -0.2) is 4.98 Å². The van der Waals surface area contributed by atoms with Crippen LogP contribution in [0.2, 0.25) is 0 Å². The molecule has 0 unspecified atom stereocenters. The van der Waals surface area contributed by atoms with Crippen molar-refractivity contribution in [3.63, 3.8) is 0 Å². The van der Waals surface area contributed by atoms with Crippen molar-refractivity contribution in [1.29, 1.82) is 0 Å². The molecule has 0 aliphatic carbocycles. The van der Waals surface area contributed by atoms with E-state index in [1.165, 1.54) is 21.5 Å². The second kappa shape index (κ2) is 11.8. The third kappa shape index (κ3) is 4.27. The average molecular weight is 742 g/mol. The Balaban J connectivity index is 1.05. The van der Waals surface area contributed by atoms with Gasteiger partial charge in [-0.1, -0.05) is 127 Å². The Kier molecular flexibility index (Phi) is 6.38. The van der Waals surface area contributed by atoms with Crippen LogP contribution in [0.25, 0.3) is 121 Å². The molecule has 0 saturated heterocycles. The lowest BCUT2D eigenvalue weighted by molar-refractivity contribution is 0.668. The molecule has 0 radical (unpaired) electrons. The van der Waals surface area contributed by atoms with Crippen molar-refractivity contribution < 1.29 is 8.83 Å². The Labute approximate surface area is 331 Å². The van der Waals surface area contributed by atoms with Crippen LogP contribution in [0.1, 0.15) is 0 Å². The van der Waals surface area contributed by atoms with E-state index < -0.39 is 0 Å². The topological polar surface area (TPSA) is 49.0 Å². The van der Waals surface area contributed by atoms with Crippen molar-refractivity contribution in [2.45, 2.75) is 0 Å². The summed E-state index contributed by atoms with van der Waals surface area (Å²) in [5.74, 6) is 1.70. The van der Waals surface area contributed by atoms with E-state index in [4.69, 9.17) is 13.8 Å². The molecule has 0 amide bonds. The minimum atomic E-state index is 0.851. The Hall–Kier alpha value is -7.89. The molecule has 0 atom stereocenters. The highest BCUT2D eigenvalue weighted by atomic mass is 16.3. The number of hydrogen-bond acceptors (Lipinski definition) is 3. The van der Waals surface area contributed by atoms with Gasteiger partial charge >= 0.3 is 0 Å². The number of nitrogens with zero attached hydrogens (tertiary/aromatic N) is 3. The van der Waals surface area contributed by atoms with Gasteiger partial charge in [-0.05, 0) is 82.9 Å². The van der Waals surface area contributed by atoms with Crippen molar-refractivity contribution in [2.75, 3.05) is 0 Å². The smallest absolute Gasteiger partial charge is 0.140 e. The van der Waals surface area contributed by atoms with Crippen molar-refractivity contribution in [2.24, 2.45) is 0 Å². The summed E-state index contributed by atoms with van der Waals surface area (Å²) in [4.78, 5) is 5.52. The largest absolute Gasteiger partial charge is 0.456 e. The fourth-order valence-corrected chi connectivity index (χ4v) is 9.64. The summed E-state index contributed by atoms with van der Waals surface area (Å²) in [5.41, 5.74) is 12.6. The van der Waals surface area contributed by atoms with Crippen molar-refractivity contribution >= 4 is 87.5 Å². The minimum absolute atomic E-state index is 0.851. The molecular weight excluding hydrogens is 711 g/mol. The van der Waals surface area contributed by atoms with E-state index in [9.17, 15) is 0 Å². The molecule has 8 aromatic carbocycles. The zero-order valence-electron chi connectivity index (χ0n) is 31.1. The maximum atomic E-state index is 6.34. The molecule has 0 N–H and O–H groups in total. The second-order valence-corrected chi connectivity index (χ2v) is 15.0. The maximum Gasteiger partial charge on any atom is 0.140 e. The predicted octanol–water partition coefficient (Wildman–Crippen LogP) is 14.4. The van der Waals surface area contributed by atoms with Crippen molar-refractivity contribution in [1.82, 2.24) is 14.1 Å². The Morgan fingerprint density at radius 2 is 0.621 bits per heavy atom. The van der Waals surface area contributed by atoms with Crippen LogP contribution in [0.4, 0.5) is 0 Å². The highest BCUT2D eigenvalue weighted by Crippen LogP contribution is 2.45. The molecule has 5 heterocycles. The van der Waals surface area contributed by atoms with Crippen LogP contribution in [-0.4, -0.2) is 14.1 Å². The SMILES string of the molecule is c1cc(-n2c3ccccc3c3c(-c4cccc5oc6ccccc6c45)cccc32)nc(-n2c3ccccc3c3c(-c4cccc5oc6ccccc6c45)cccc32)c1. The molecule has 270 valence electrons. The van der Waals surface area contributed by atoms with Crippen molar-refractivity contribution in [3.05, 3.63) is 188 Å². The molecule has 13 aromatic rings. The normalized spacial score (nSPS) is 12.1. The number of aromatic nitrogens is 3. The van der Waals surface area contributed by atoms with Gasteiger partial charge in [0, 0.05) is 43.1 Å². The first-order chi connectivity index (χ1) is 28.8. The molecule has 0 bridgehead atoms. The number of furan rings is 2. The Bertz CT molecular complexity index is 3570. The predicted molar refractivity (Wildman–Crippen MR) is 238 cm³/mol. The highest BCUT2D eigenvalue weighted by molar-refractivity contribution is 6.22. The van der Waals surface area contributed by atoms with Gasteiger partial charge < -0.3 is 8.83 Å². The van der Waals surface area contributed by atoms with E-state index in [2.05, 4.69) is 173 Å². The summed E-state index contributed by atoms with van der Waals surface area (Å²) in [7, 11) is 0. The lowest BCUT2D eigenvalue weighted by atomic mass is 9.95. The fraction of sp³-hybridized carbons (Fsp3) is 0. The lowest BCUT2D eigenvalue weighted by Crippen LogP contribution is -2.03. The summed E-state index contributed by atoms with van der Waals surface area (Å²) in [6.07, 6.45) is 0. The minimum Gasteiger partial charge on any atom is -0.456 e. The molecule has 0 spiro atoms. The molecule has 5 nitrogen and oxygen atoms in total. The van der Waals surface area contributed by atoms with Gasteiger partial charge in [0.2, 0.25) is 0 Å². The first-order valence-corrected chi connectivity index (χ1v) is 19.6. The van der Waals surface area contributed by atoms with E-state index >= 15 is 0 Å². The van der Waals surface area contributed by atoms with E-state index in [0.29, 0.717) is 0 Å². The second-order valence-electron chi connectivity index (χ2n) is 15.0. The highest BCUT2D eigenvalue weighted by Gasteiger charge is 2.22. The number of fused-ring (bicyclic) bond motifs is 12. The van der Waals surface area contributed by atoms with Gasteiger partial charge in [0.25, 0.3) is 0 Å². The van der Waals surface area contributed by atoms with Gasteiger partial charge in [-0.3, -0.25) is 9.13 Å². The maximum absolute atomic E-state index is 6.34. The molecule has 0 saturated carbocycles. The number of benzene rings is 8. The summed E-state index contributed by atoms with van der Waals surface area (Å²) in [6.45, 7) is 0. The first-order valence-electron chi connectivity index (χ1n) is 19.6. The third-order valence-electron chi connectivity index (χ3n) is 12.0. The number of para-hydroxylation sites is 4. The molecule has 13 rings (SSSR count). The molecule has 0 fully saturated rings. The summed E-state index contributed by atoms with van der Waals surface area (Å²) >= 11 is 0. The summed E-state index contributed by atoms with van der Waals surface area (Å²) < 4.78 is 17.3. The number of pyridine rings is 1. The lowest BCUT2D eigenvalue weighted by Gasteiger charge is -2.12. The fourth-order valence-electron chi connectivity index (χ4n) is 9.64. The quantitative estimate of drug-likeness (QED) is 0.180. The molecule has 0 aliphatic heterocycles. The molecule has 5 aromatic heterocycles. The zero-order valence-corrected chi connectivity index (χ0v) is 31.1. The number of rotatable bonds is 4. The molecule has 0 aliphatic rings. The zero-order chi connectivity index (χ0) is 37.9. The Morgan fingerprint density at radius 1 is 0.276 bits per heavy atom. The van der Waals surface area contributed by atoms with E-state index in [1.807, 2.05) is 24.3 Å². The van der Waals surface area contributed by atoms with Crippen molar-refractivity contribution in [3.8, 4) is 33.9 Å². The molecule has 5 heteroatoms. The van der Waals surface area contributed by atoms with Gasteiger partial charge in [-0.15, -0.1) is 0 Å². The van der Waals surface area contributed by atoms with Crippen LogP contribution in [0, 0.1) is 0 Å². The Morgan fingerprint density at radius 3 is 1.10 bits per heavy atom. The van der Waals surface area contributed by atoms with E-state index in [1.54, 1.807) is 0 Å². The van der Waals surface area contributed by atoms with Gasteiger partial charge in [-0.2, -0.15) is 0 Å². The van der Waals surface area contributed by atoms with Gasteiger partial charge in [0.1, 0.15) is 34.0 Å². The number of hydrogen-bond donors (Lipinski definition) is 0. The summed E-state index contributed by atoms with van der Waals surface area (Å²) in [5, 5.41) is 9.21. The van der Waals surface area contributed by atoms with Gasteiger partial charge in [0.05, 0.1) is 22.1 Å². The van der Waals surface area contributed by atoms with Crippen LogP contribution < -0.4 is 0 Å².